The fourth-order valence-electron chi connectivity index (χ4n) is 3.67. The molecule has 106 valence electrons. The van der Waals surface area contributed by atoms with E-state index in [9.17, 15) is 10.1 Å². The molecular formula is C16H11Br2NO2. The van der Waals surface area contributed by atoms with Crippen molar-refractivity contribution in [3.63, 3.8) is 0 Å². The number of nitro groups is 1. The zero-order valence-corrected chi connectivity index (χ0v) is 14.1. The summed E-state index contributed by atoms with van der Waals surface area (Å²) in [6, 6.07) is 13.5. The second-order valence-corrected chi connectivity index (χ2v) is 8.34. The molecule has 2 aromatic carbocycles. The summed E-state index contributed by atoms with van der Waals surface area (Å²) in [5, 5.41) is 11.1. The van der Waals surface area contributed by atoms with Crippen LogP contribution in [0.2, 0.25) is 0 Å². The smallest absolute Gasteiger partial charge is 0.258 e. The number of alkyl halides is 2. The molecule has 0 fully saturated rings. The summed E-state index contributed by atoms with van der Waals surface area (Å²) >= 11 is 7.82. The molecule has 21 heavy (non-hydrogen) atoms. The van der Waals surface area contributed by atoms with E-state index >= 15 is 0 Å². The second kappa shape index (κ2) is 4.17. The van der Waals surface area contributed by atoms with Crippen LogP contribution >= 0.6 is 31.9 Å². The maximum Gasteiger partial charge on any atom is 0.269 e. The van der Waals surface area contributed by atoms with E-state index in [0.29, 0.717) is 0 Å². The van der Waals surface area contributed by atoms with Crippen LogP contribution in [0.3, 0.4) is 0 Å². The van der Waals surface area contributed by atoms with E-state index in [2.05, 4.69) is 44.0 Å². The number of halogens is 2. The maximum atomic E-state index is 11.1. The quantitative estimate of drug-likeness (QED) is 0.379. The van der Waals surface area contributed by atoms with Crippen LogP contribution in [0.5, 0.6) is 0 Å². The molecular weight excluding hydrogens is 398 g/mol. The third kappa shape index (κ3) is 1.59. The molecule has 0 aromatic heterocycles. The molecule has 0 aliphatic heterocycles. The normalized spacial score (nSPS) is 28.9. The minimum atomic E-state index is -0.328. The lowest BCUT2D eigenvalue weighted by molar-refractivity contribution is -0.385. The first-order valence-corrected chi connectivity index (χ1v) is 8.33. The highest BCUT2D eigenvalue weighted by Gasteiger charge is 2.53. The monoisotopic (exact) mass is 407 g/mol. The van der Waals surface area contributed by atoms with E-state index in [1.54, 1.807) is 12.1 Å². The zero-order valence-electron chi connectivity index (χ0n) is 11.0. The molecule has 2 bridgehead atoms. The van der Waals surface area contributed by atoms with E-state index in [4.69, 9.17) is 0 Å². The van der Waals surface area contributed by atoms with Crippen LogP contribution in [-0.4, -0.2) is 4.92 Å². The second-order valence-electron chi connectivity index (χ2n) is 5.63. The highest BCUT2D eigenvalue weighted by atomic mass is 79.9. The molecule has 3 aliphatic rings. The number of nitrogens with zero attached hydrogens (tertiary/aromatic N) is 1. The lowest BCUT2D eigenvalue weighted by Crippen LogP contribution is -2.43. The van der Waals surface area contributed by atoms with Gasteiger partial charge >= 0.3 is 0 Å². The molecule has 2 atom stereocenters. The van der Waals surface area contributed by atoms with Crippen molar-refractivity contribution < 1.29 is 4.92 Å². The summed E-state index contributed by atoms with van der Waals surface area (Å²) in [5.74, 6) is 0. The van der Waals surface area contributed by atoms with Gasteiger partial charge in [0.15, 0.2) is 0 Å². The maximum absolute atomic E-state index is 11.1. The number of fused-ring (bicyclic) bond motifs is 1. The fourth-order valence-corrected chi connectivity index (χ4v) is 5.43. The summed E-state index contributed by atoms with van der Waals surface area (Å²) in [6.45, 7) is 0. The van der Waals surface area contributed by atoms with Gasteiger partial charge in [-0.1, -0.05) is 62.2 Å². The Hall–Kier alpha value is -1.20. The lowest BCUT2D eigenvalue weighted by Gasteiger charge is -2.50. The van der Waals surface area contributed by atoms with Gasteiger partial charge in [-0.15, -0.1) is 0 Å². The average molecular weight is 409 g/mol. The zero-order chi connectivity index (χ0) is 14.8. The van der Waals surface area contributed by atoms with Crippen molar-refractivity contribution in [3.8, 4) is 0 Å². The van der Waals surface area contributed by atoms with Crippen LogP contribution in [0, 0.1) is 10.1 Å². The Labute approximate surface area is 138 Å². The topological polar surface area (TPSA) is 43.1 Å². The molecule has 0 radical (unpaired) electrons. The van der Waals surface area contributed by atoms with Crippen LogP contribution in [0.1, 0.15) is 35.1 Å². The molecule has 0 N–H and O–H groups in total. The van der Waals surface area contributed by atoms with Gasteiger partial charge in [0, 0.05) is 12.1 Å². The Kier molecular flexibility index (Phi) is 2.67. The number of benzene rings is 2. The molecule has 2 unspecified atom stereocenters. The molecule has 2 aromatic rings. The van der Waals surface area contributed by atoms with Gasteiger partial charge in [-0.3, -0.25) is 10.1 Å². The van der Waals surface area contributed by atoms with Gasteiger partial charge in [-0.2, -0.15) is 0 Å². The van der Waals surface area contributed by atoms with Gasteiger partial charge in [0.25, 0.3) is 5.69 Å². The first kappa shape index (κ1) is 13.5. The first-order valence-electron chi connectivity index (χ1n) is 6.74. The summed E-state index contributed by atoms with van der Waals surface area (Å²) in [4.78, 5) is 10.8. The van der Waals surface area contributed by atoms with Crippen molar-refractivity contribution in [2.24, 2.45) is 0 Å². The van der Waals surface area contributed by atoms with Crippen molar-refractivity contribution >= 4 is 37.5 Å². The molecule has 3 aliphatic carbocycles. The minimum absolute atomic E-state index is 0.147. The molecule has 0 heterocycles. The Morgan fingerprint density at radius 3 is 2.00 bits per heavy atom. The van der Waals surface area contributed by atoms with Crippen LogP contribution in [0.4, 0.5) is 5.69 Å². The van der Waals surface area contributed by atoms with Crippen molar-refractivity contribution in [3.05, 3.63) is 74.8 Å². The van der Waals surface area contributed by atoms with E-state index < -0.39 is 0 Å². The van der Waals surface area contributed by atoms with Gasteiger partial charge in [0.1, 0.15) is 0 Å². The number of hydrogen-bond donors (Lipinski definition) is 0. The predicted molar refractivity (Wildman–Crippen MR) is 88.2 cm³/mol. The largest absolute Gasteiger partial charge is 0.269 e. The summed E-state index contributed by atoms with van der Waals surface area (Å²) in [6.07, 6.45) is 1.89. The highest BCUT2D eigenvalue weighted by Crippen LogP contribution is 2.64. The summed E-state index contributed by atoms with van der Waals surface area (Å²) in [5.41, 5.74) is 4.76. The van der Waals surface area contributed by atoms with Crippen molar-refractivity contribution in [2.45, 2.75) is 21.5 Å². The standard InChI is InChI=1S/C16H11Br2NO2/c17-15-7-8-16(18,12-4-2-1-3-11(12)15)14-9-10(19(20)21)5-6-13(14)15/h1-6,9H,7-8H2. The average Bonchev–Trinajstić information content (AvgIpc) is 2.50. The predicted octanol–water partition coefficient (Wildman–Crippen LogP) is 4.98. The van der Waals surface area contributed by atoms with Crippen molar-refractivity contribution in [2.75, 3.05) is 0 Å². The molecule has 0 saturated heterocycles. The van der Waals surface area contributed by atoms with Crippen molar-refractivity contribution in [1.29, 1.82) is 0 Å². The van der Waals surface area contributed by atoms with E-state index in [1.807, 2.05) is 18.2 Å². The summed E-state index contributed by atoms with van der Waals surface area (Å²) in [7, 11) is 0. The molecule has 5 rings (SSSR count). The van der Waals surface area contributed by atoms with E-state index in [1.165, 1.54) is 11.1 Å². The van der Waals surface area contributed by atoms with E-state index in [0.717, 1.165) is 24.0 Å². The third-order valence-corrected chi connectivity index (χ3v) is 7.16. The fraction of sp³-hybridized carbons (Fsp3) is 0.250. The minimum Gasteiger partial charge on any atom is -0.258 e. The van der Waals surface area contributed by atoms with Gasteiger partial charge in [0.2, 0.25) is 0 Å². The Bertz CT molecular complexity index is 792. The summed E-state index contributed by atoms with van der Waals surface area (Å²) < 4.78 is -0.552. The molecule has 0 spiro atoms. The molecule has 0 saturated carbocycles. The van der Waals surface area contributed by atoms with Crippen LogP contribution in [0.15, 0.2) is 42.5 Å². The molecule has 5 heteroatoms. The SMILES string of the molecule is O=[N+]([O-])c1ccc2c(c1)C1(Br)CCC2(Br)c2ccccc21. The van der Waals surface area contributed by atoms with Crippen LogP contribution in [-0.2, 0) is 8.65 Å². The van der Waals surface area contributed by atoms with Crippen LogP contribution < -0.4 is 0 Å². The van der Waals surface area contributed by atoms with Crippen molar-refractivity contribution in [1.82, 2.24) is 0 Å². The first-order chi connectivity index (χ1) is 9.97. The number of hydrogen-bond acceptors (Lipinski definition) is 2. The van der Waals surface area contributed by atoms with Gasteiger partial charge < -0.3 is 0 Å². The van der Waals surface area contributed by atoms with Crippen LogP contribution in [0.25, 0.3) is 0 Å². The number of rotatable bonds is 1. The van der Waals surface area contributed by atoms with Gasteiger partial charge in [-0.05, 0) is 35.1 Å². The Morgan fingerprint density at radius 1 is 0.905 bits per heavy atom. The third-order valence-electron chi connectivity index (χ3n) is 4.66. The molecule has 3 nitrogen and oxygen atoms in total. The van der Waals surface area contributed by atoms with E-state index in [-0.39, 0.29) is 19.3 Å². The number of non-ortho nitro benzene ring substituents is 1. The van der Waals surface area contributed by atoms with Gasteiger partial charge in [-0.25, -0.2) is 0 Å². The lowest BCUT2D eigenvalue weighted by atomic mass is 9.63. The highest BCUT2D eigenvalue weighted by molar-refractivity contribution is 9.10. The Balaban J connectivity index is 2.07. The Morgan fingerprint density at radius 2 is 1.43 bits per heavy atom. The molecule has 0 amide bonds. The van der Waals surface area contributed by atoms with Gasteiger partial charge in [0.05, 0.1) is 13.6 Å². The number of nitro benzene ring substituents is 1.